The van der Waals surface area contributed by atoms with Crippen molar-refractivity contribution in [1.29, 1.82) is 0 Å². The Hall–Kier alpha value is -0.950. The van der Waals surface area contributed by atoms with E-state index in [1.807, 2.05) is 13.8 Å². The minimum Gasteiger partial charge on any atom is -0.375 e. The molecule has 1 atom stereocenters. The van der Waals surface area contributed by atoms with Crippen LogP contribution in [0.25, 0.3) is 0 Å². The van der Waals surface area contributed by atoms with Gasteiger partial charge < -0.3 is 10.1 Å². The van der Waals surface area contributed by atoms with Gasteiger partial charge in [-0.3, -0.25) is 4.55 Å². The summed E-state index contributed by atoms with van der Waals surface area (Å²) in [6, 6.07) is 8.40. The summed E-state index contributed by atoms with van der Waals surface area (Å²) in [6.45, 7) is 11.1. The van der Waals surface area contributed by atoms with Crippen LogP contribution in [0, 0.1) is 0 Å². The summed E-state index contributed by atoms with van der Waals surface area (Å²) in [6.07, 6.45) is 0.180. The lowest BCUT2D eigenvalue weighted by molar-refractivity contribution is 0.0314. The maximum Gasteiger partial charge on any atom is 0.264 e. The van der Waals surface area contributed by atoms with Crippen LogP contribution in [0.15, 0.2) is 24.3 Å². The summed E-state index contributed by atoms with van der Waals surface area (Å²) in [7, 11) is -2.24. The molecule has 24 heavy (non-hydrogen) atoms. The normalized spacial score (nSPS) is 14.6. The molecule has 2 N–H and O–H groups in total. The van der Waals surface area contributed by atoms with Crippen LogP contribution in [-0.4, -0.2) is 37.9 Å². The standard InChI is InChI=1S/C18H31NO4S/c1-17(2,3)15-10-8-14(9-11-15)16(23-6)18(4,5)19-12-7-13-24(20,21)22/h8-11,16,19H,7,12-13H2,1-6H3,(H,20,21,22). The van der Waals surface area contributed by atoms with Crippen LogP contribution < -0.4 is 5.32 Å². The third-order valence-electron chi connectivity index (χ3n) is 4.13. The summed E-state index contributed by atoms with van der Waals surface area (Å²) >= 11 is 0. The van der Waals surface area contributed by atoms with E-state index in [4.69, 9.17) is 9.29 Å². The Bertz CT molecular complexity index is 615. The first-order valence-corrected chi connectivity index (χ1v) is 9.81. The molecule has 0 aliphatic rings. The SMILES string of the molecule is COC(c1ccc(C(C)(C)C)cc1)C(C)(C)NCCCS(=O)(=O)O. The molecule has 0 fully saturated rings. The van der Waals surface area contributed by atoms with Gasteiger partial charge in [-0.1, -0.05) is 45.0 Å². The Kier molecular flexibility index (Phi) is 6.99. The van der Waals surface area contributed by atoms with Gasteiger partial charge in [-0.15, -0.1) is 0 Å². The highest BCUT2D eigenvalue weighted by Crippen LogP contribution is 2.31. The van der Waals surface area contributed by atoms with Gasteiger partial charge in [-0.25, -0.2) is 0 Å². The summed E-state index contributed by atoms with van der Waals surface area (Å²) < 4.78 is 36.1. The van der Waals surface area contributed by atoms with E-state index in [1.165, 1.54) is 5.56 Å². The molecule has 0 radical (unpaired) electrons. The fourth-order valence-electron chi connectivity index (χ4n) is 2.76. The van der Waals surface area contributed by atoms with Crippen LogP contribution in [0.5, 0.6) is 0 Å². The molecule has 0 aromatic heterocycles. The van der Waals surface area contributed by atoms with Crippen LogP contribution in [0.2, 0.25) is 0 Å². The van der Waals surface area contributed by atoms with Crippen molar-refractivity contribution in [2.45, 2.75) is 58.1 Å². The first-order valence-electron chi connectivity index (χ1n) is 8.20. The van der Waals surface area contributed by atoms with E-state index in [2.05, 4.69) is 50.4 Å². The van der Waals surface area contributed by atoms with Crippen molar-refractivity contribution in [3.63, 3.8) is 0 Å². The number of methoxy groups -OCH3 is 1. The molecule has 0 bridgehead atoms. The van der Waals surface area contributed by atoms with E-state index in [1.54, 1.807) is 7.11 Å². The predicted octanol–water partition coefficient (Wildman–Crippen LogP) is 3.32. The molecule has 0 saturated heterocycles. The van der Waals surface area contributed by atoms with Crippen molar-refractivity contribution in [2.24, 2.45) is 0 Å². The van der Waals surface area contributed by atoms with E-state index in [9.17, 15) is 8.42 Å². The number of hydrogen-bond acceptors (Lipinski definition) is 4. The molecule has 0 saturated carbocycles. The Balaban J connectivity index is 2.79. The maximum atomic E-state index is 10.8. The van der Waals surface area contributed by atoms with Gasteiger partial charge in [0.2, 0.25) is 0 Å². The lowest BCUT2D eigenvalue weighted by Gasteiger charge is -2.35. The Morgan fingerprint density at radius 3 is 2.08 bits per heavy atom. The smallest absolute Gasteiger partial charge is 0.264 e. The van der Waals surface area contributed by atoms with Crippen molar-refractivity contribution in [3.05, 3.63) is 35.4 Å². The van der Waals surface area contributed by atoms with Crippen molar-refractivity contribution >= 4 is 10.1 Å². The largest absolute Gasteiger partial charge is 0.375 e. The summed E-state index contributed by atoms with van der Waals surface area (Å²) in [4.78, 5) is 0. The van der Waals surface area contributed by atoms with Gasteiger partial charge in [0.25, 0.3) is 10.1 Å². The fraction of sp³-hybridized carbons (Fsp3) is 0.667. The van der Waals surface area contributed by atoms with E-state index in [-0.39, 0.29) is 22.8 Å². The molecule has 0 aliphatic carbocycles. The molecule has 5 nitrogen and oxygen atoms in total. The van der Waals surface area contributed by atoms with Crippen LogP contribution in [-0.2, 0) is 20.3 Å². The van der Waals surface area contributed by atoms with Gasteiger partial charge in [0.05, 0.1) is 11.9 Å². The second-order valence-electron chi connectivity index (χ2n) is 7.78. The van der Waals surface area contributed by atoms with Crippen LogP contribution in [0.3, 0.4) is 0 Å². The zero-order chi connectivity index (χ0) is 18.6. The van der Waals surface area contributed by atoms with Crippen LogP contribution in [0.1, 0.15) is 58.3 Å². The average molecular weight is 358 g/mol. The quantitative estimate of drug-likeness (QED) is 0.551. The maximum absolute atomic E-state index is 10.8. The minimum atomic E-state index is -3.91. The topological polar surface area (TPSA) is 75.6 Å². The lowest BCUT2D eigenvalue weighted by atomic mass is 9.84. The predicted molar refractivity (Wildman–Crippen MR) is 98.0 cm³/mol. The van der Waals surface area contributed by atoms with Gasteiger partial charge in [-0.2, -0.15) is 8.42 Å². The van der Waals surface area contributed by atoms with Gasteiger partial charge in [0.1, 0.15) is 0 Å². The number of hydrogen-bond donors (Lipinski definition) is 2. The number of benzene rings is 1. The highest BCUT2D eigenvalue weighted by atomic mass is 32.2. The molecule has 1 aromatic rings. The van der Waals surface area contributed by atoms with E-state index in [0.29, 0.717) is 13.0 Å². The Morgan fingerprint density at radius 1 is 1.12 bits per heavy atom. The monoisotopic (exact) mass is 357 g/mol. The van der Waals surface area contributed by atoms with Gasteiger partial charge in [0, 0.05) is 12.6 Å². The summed E-state index contributed by atoms with van der Waals surface area (Å²) in [5, 5.41) is 3.33. The second-order valence-corrected chi connectivity index (χ2v) is 9.35. The molecule has 1 aromatic carbocycles. The van der Waals surface area contributed by atoms with Crippen molar-refractivity contribution in [2.75, 3.05) is 19.4 Å². The molecule has 1 rings (SSSR count). The first kappa shape index (κ1) is 21.1. The fourth-order valence-corrected chi connectivity index (χ4v) is 3.27. The van der Waals surface area contributed by atoms with Gasteiger partial charge >= 0.3 is 0 Å². The van der Waals surface area contributed by atoms with E-state index >= 15 is 0 Å². The van der Waals surface area contributed by atoms with Crippen molar-refractivity contribution in [3.8, 4) is 0 Å². The van der Waals surface area contributed by atoms with Crippen LogP contribution in [0.4, 0.5) is 0 Å². The zero-order valence-corrected chi connectivity index (χ0v) is 16.4. The number of nitrogens with one attached hydrogen (secondary N) is 1. The third-order valence-corrected chi connectivity index (χ3v) is 4.93. The molecule has 138 valence electrons. The third kappa shape index (κ3) is 6.51. The van der Waals surface area contributed by atoms with E-state index in [0.717, 1.165) is 5.56 Å². The molecular weight excluding hydrogens is 326 g/mol. The van der Waals surface area contributed by atoms with Gasteiger partial charge in [0.15, 0.2) is 0 Å². The second kappa shape index (κ2) is 7.95. The Labute approximate surface area is 146 Å². The molecule has 1 unspecified atom stereocenters. The Morgan fingerprint density at radius 2 is 1.67 bits per heavy atom. The molecule has 0 aliphatic heterocycles. The molecule has 6 heteroatoms. The average Bonchev–Trinajstić information content (AvgIpc) is 2.43. The molecule has 0 spiro atoms. The summed E-state index contributed by atoms with van der Waals surface area (Å²) in [5.41, 5.74) is 2.06. The minimum absolute atomic E-state index is 0.102. The highest BCUT2D eigenvalue weighted by Gasteiger charge is 2.30. The highest BCUT2D eigenvalue weighted by molar-refractivity contribution is 7.85. The first-order chi connectivity index (χ1) is 10.9. The van der Waals surface area contributed by atoms with Crippen LogP contribution >= 0.6 is 0 Å². The molecule has 0 amide bonds. The van der Waals surface area contributed by atoms with Crippen molar-refractivity contribution in [1.82, 2.24) is 5.32 Å². The van der Waals surface area contributed by atoms with E-state index < -0.39 is 10.1 Å². The van der Waals surface area contributed by atoms with Crippen molar-refractivity contribution < 1.29 is 17.7 Å². The number of ether oxygens (including phenoxy) is 1. The molecular formula is C18H31NO4S. The number of rotatable bonds is 8. The summed E-state index contributed by atoms with van der Waals surface area (Å²) in [5.74, 6) is -0.242. The lowest BCUT2D eigenvalue weighted by Crippen LogP contribution is -2.46. The zero-order valence-electron chi connectivity index (χ0n) is 15.6. The molecule has 0 heterocycles. The van der Waals surface area contributed by atoms with Gasteiger partial charge in [-0.05, 0) is 43.4 Å².